The molecule has 116 valence electrons. The van der Waals surface area contributed by atoms with E-state index in [2.05, 4.69) is 70.2 Å². The van der Waals surface area contributed by atoms with Gasteiger partial charge in [-0.2, -0.15) is 0 Å². The van der Waals surface area contributed by atoms with Crippen molar-refractivity contribution in [3.05, 3.63) is 92.7 Å². The molecular formula is C23H24. The minimum absolute atomic E-state index is 0.490. The lowest BCUT2D eigenvalue weighted by Crippen LogP contribution is -2.05. The van der Waals surface area contributed by atoms with Gasteiger partial charge in [-0.25, -0.2) is 0 Å². The predicted octanol–water partition coefficient (Wildman–Crippen LogP) is 6.30. The Kier molecular flexibility index (Phi) is 3.30. The van der Waals surface area contributed by atoms with E-state index in [-0.39, 0.29) is 0 Å². The highest BCUT2D eigenvalue weighted by Crippen LogP contribution is 2.48. The van der Waals surface area contributed by atoms with Crippen LogP contribution in [0.3, 0.4) is 0 Å². The van der Waals surface area contributed by atoms with Crippen LogP contribution >= 0.6 is 0 Å². The lowest BCUT2D eigenvalue weighted by atomic mass is 9.84. The zero-order valence-corrected chi connectivity index (χ0v) is 14.5. The molecule has 0 saturated heterocycles. The number of fused-ring (bicyclic) bond motifs is 2. The fourth-order valence-electron chi connectivity index (χ4n) is 4.41. The molecule has 0 radical (unpaired) electrons. The second kappa shape index (κ2) is 5.23. The Morgan fingerprint density at radius 1 is 0.913 bits per heavy atom. The highest BCUT2D eigenvalue weighted by molar-refractivity contribution is 5.67. The number of hydrogen-bond acceptors (Lipinski definition) is 0. The van der Waals surface area contributed by atoms with E-state index in [1.165, 1.54) is 33.4 Å². The zero-order chi connectivity index (χ0) is 16.1. The van der Waals surface area contributed by atoms with Gasteiger partial charge in [0.05, 0.1) is 0 Å². The van der Waals surface area contributed by atoms with Crippen LogP contribution in [0.4, 0.5) is 0 Å². The van der Waals surface area contributed by atoms with Crippen molar-refractivity contribution in [3.8, 4) is 0 Å². The molecule has 1 atom stereocenters. The smallest absolute Gasteiger partial charge is 0.0243 e. The van der Waals surface area contributed by atoms with Crippen molar-refractivity contribution < 1.29 is 0 Å². The first kappa shape index (κ1) is 14.5. The molecule has 0 bridgehead atoms. The van der Waals surface area contributed by atoms with Crippen LogP contribution in [0.15, 0.2) is 92.7 Å². The van der Waals surface area contributed by atoms with Gasteiger partial charge in [0.2, 0.25) is 0 Å². The molecule has 0 aromatic heterocycles. The first-order chi connectivity index (χ1) is 11.1. The summed E-state index contributed by atoms with van der Waals surface area (Å²) in [5.74, 6) is 0.490. The molecule has 0 spiro atoms. The average molecular weight is 300 g/mol. The molecular weight excluding hydrogens is 276 g/mol. The molecule has 0 heterocycles. The van der Waals surface area contributed by atoms with Crippen molar-refractivity contribution in [2.45, 2.75) is 40.5 Å². The Bertz CT molecular complexity index is 838. The van der Waals surface area contributed by atoms with Crippen LogP contribution in [0.2, 0.25) is 0 Å². The third-order valence-corrected chi connectivity index (χ3v) is 6.08. The van der Waals surface area contributed by atoms with E-state index in [0.29, 0.717) is 5.92 Å². The first-order valence-electron chi connectivity index (χ1n) is 8.62. The summed E-state index contributed by atoms with van der Waals surface area (Å²) in [4.78, 5) is 0. The van der Waals surface area contributed by atoms with Crippen LogP contribution in [-0.4, -0.2) is 0 Å². The molecule has 4 rings (SSSR count). The van der Waals surface area contributed by atoms with Gasteiger partial charge in [0.25, 0.3) is 0 Å². The van der Waals surface area contributed by atoms with Crippen molar-refractivity contribution in [3.63, 3.8) is 0 Å². The molecule has 23 heavy (non-hydrogen) atoms. The molecule has 1 unspecified atom stereocenters. The molecule has 0 fully saturated rings. The maximum absolute atomic E-state index is 2.37. The van der Waals surface area contributed by atoms with Crippen LogP contribution < -0.4 is 0 Å². The van der Waals surface area contributed by atoms with Gasteiger partial charge in [0.1, 0.15) is 0 Å². The Morgan fingerprint density at radius 2 is 1.74 bits per heavy atom. The summed E-state index contributed by atoms with van der Waals surface area (Å²) in [7, 11) is 0. The molecule has 0 aliphatic heterocycles. The van der Waals surface area contributed by atoms with Gasteiger partial charge >= 0.3 is 0 Å². The lowest BCUT2D eigenvalue weighted by Gasteiger charge is -2.19. The van der Waals surface area contributed by atoms with Crippen molar-refractivity contribution in [1.29, 1.82) is 0 Å². The van der Waals surface area contributed by atoms with Gasteiger partial charge in [0.15, 0.2) is 0 Å². The van der Waals surface area contributed by atoms with Gasteiger partial charge in [0, 0.05) is 5.92 Å². The minimum Gasteiger partial charge on any atom is -0.0801 e. The molecule has 0 amide bonds. The van der Waals surface area contributed by atoms with E-state index in [9.17, 15) is 0 Å². The summed E-state index contributed by atoms with van der Waals surface area (Å²) in [5, 5.41) is 0. The summed E-state index contributed by atoms with van der Waals surface area (Å²) in [6, 6.07) is 0. The second-order valence-electron chi connectivity index (χ2n) is 7.05. The quantitative estimate of drug-likeness (QED) is 0.561. The topological polar surface area (TPSA) is 0 Å². The third-order valence-electron chi connectivity index (χ3n) is 6.08. The Morgan fingerprint density at radius 3 is 2.57 bits per heavy atom. The van der Waals surface area contributed by atoms with Crippen LogP contribution in [0.25, 0.3) is 0 Å². The van der Waals surface area contributed by atoms with Gasteiger partial charge in [-0.15, -0.1) is 0 Å². The fourth-order valence-corrected chi connectivity index (χ4v) is 4.41. The monoisotopic (exact) mass is 300 g/mol. The van der Waals surface area contributed by atoms with E-state index < -0.39 is 0 Å². The molecule has 0 aromatic rings. The summed E-state index contributed by atoms with van der Waals surface area (Å²) < 4.78 is 0. The second-order valence-corrected chi connectivity index (χ2v) is 7.05. The van der Waals surface area contributed by atoms with Crippen LogP contribution in [0.1, 0.15) is 40.5 Å². The van der Waals surface area contributed by atoms with Crippen LogP contribution in [0.5, 0.6) is 0 Å². The largest absolute Gasteiger partial charge is 0.0801 e. The number of allylic oxidation sites excluding steroid dienone is 16. The van der Waals surface area contributed by atoms with E-state index in [1.807, 2.05) is 0 Å². The number of rotatable bonds is 2. The van der Waals surface area contributed by atoms with Crippen LogP contribution in [0, 0.1) is 5.92 Å². The highest BCUT2D eigenvalue weighted by atomic mass is 14.4. The molecule has 0 aromatic carbocycles. The van der Waals surface area contributed by atoms with Gasteiger partial charge in [-0.1, -0.05) is 48.1 Å². The summed E-state index contributed by atoms with van der Waals surface area (Å²) in [6.45, 7) is 9.18. The van der Waals surface area contributed by atoms with Crippen molar-refractivity contribution >= 4 is 0 Å². The van der Waals surface area contributed by atoms with Gasteiger partial charge in [-0.05, 0) is 85.1 Å². The predicted molar refractivity (Wildman–Crippen MR) is 99.0 cm³/mol. The van der Waals surface area contributed by atoms with Crippen molar-refractivity contribution in [1.82, 2.24) is 0 Å². The summed E-state index contributed by atoms with van der Waals surface area (Å²) in [6.07, 6.45) is 18.0. The van der Waals surface area contributed by atoms with E-state index in [1.54, 1.807) is 16.7 Å². The lowest BCUT2D eigenvalue weighted by molar-refractivity contribution is 0.873. The molecule has 4 aliphatic carbocycles. The summed E-state index contributed by atoms with van der Waals surface area (Å²) in [5.41, 5.74) is 13.6. The molecule has 0 heteroatoms. The normalized spacial score (nSPS) is 25.7. The minimum atomic E-state index is 0.490. The SMILES string of the molecule is CC1=C2CC=CC=C2C(CC2=C(C)C(C)=C3C=CC=CC32)=C1C. The molecule has 0 nitrogen and oxygen atoms in total. The van der Waals surface area contributed by atoms with Crippen molar-refractivity contribution in [2.75, 3.05) is 0 Å². The highest BCUT2D eigenvalue weighted by Gasteiger charge is 2.31. The zero-order valence-electron chi connectivity index (χ0n) is 14.5. The Labute approximate surface area is 139 Å². The van der Waals surface area contributed by atoms with Crippen molar-refractivity contribution in [2.24, 2.45) is 5.92 Å². The van der Waals surface area contributed by atoms with Crippen LogP contribution in [-0.2, 0) is 0 Å². The third kappa shape index (κ3) is 2.05. The average Bonchev–Trinajstić information content (AvgIpc) is 2.97. The Hall–Kier alpha value is -2.08. The van der Waals surface area contributed by atoms with E-state index >= 15 is 0 Å². The maximum Gasteiger partial charge on any atom is 0.0243 e. The Balaban J connectivity index is 1.73. The fraction of sp³-hybridized carbons (Fsp3) is 0.304. The van der Waals surface area contributed by atoms with Gasteiger partial charge in [-0.3, -0.25) is 0 Å². The number of hydrogen-bond donors (Lipinski definition) is 0. The van der Waals surface area contributed by atoms with E-state index in [4.69, 9.17) is 0 Å². The van der Waals surface area contributed by atoms with Gasteiger partial charge < -0.3 is 0 Å². The standard InChI is InChI=1S/C23H24/c1-14-16(3)22(20-11-7-5-9-18(14)20)13-23-17(4)15(2)19-10-6-8-12-21(19)23/h5-9,11-12,20H,10,13H2,1-4H3. The molecule has 0 N–H and O–H groups in total. The first-order valence-corrected chi connectivity index (χ1v) is 8.62. The molecule has 4 aliphatic rings. The summed E-state index contributed by atoms with van der Waals surface area (Å²) >= 11 is 0. The maximum atomic E-state index is 2.37. The van der Waals surface area contributed by atoms with E-state index in [0.717, 1.165) is 12.8 Å². The molecule has 0 saturated carbocycles.